The van der Waals surface area contributed by atoms with Crippen molar-refractivity contribution in [1.29, 1.82) is 0 Å². The topological polar surface area (TPSA) is 88.5 Å². The van der Waals surface area contributed by atoms with Gasteiger partial charge in [0.1, 0.15) is 11.8 Å². The predicted molar refractivity (Wildman–Crippen MR) is 149 cm³/mol. The summed E-state index contributed by atoms with van der Waals surface area (Å²) in [5.41, 5.74) is 1.91. The lowest BCUT2D eigenvalue weighted by atomic mass is 9.83. The van der Waals surface area contributed by atoms with Crippen LogP contribution in [0.3, 0.4) is 0 Å². The van der Waals surface area contributed by atoms with Crippen LogP contribution in [0.25, 0.3) is 0 Å². The fourth-order valence-corrected chi connectivity index (χ4v) is 7.88. The molecule has 2 aliphatic heterocycles. The number of thioether (sulfide) groups is 1. The molecule has 6 rings (SSSR count). The van der Waals surface area contributed by atoms with Gasteiger partial charge in [-0.2, -0.15) is 0 Å². The molecule has 1 fully saturated rings. The molecule has 7 nitrogen and oxygen atoms in total. The van der Waals surface area contributed by atoms with Crippen LogP contribution in [0, 0.1) is 5.92 Å². The summed E-state index contributed by atoms with van der Waals surface area (Å²) in [6.45, 7) is -0.207. The summed E-state index contributed by atoms with van der Waals surface area (Å²) in [7, 11) is 0. The van der Waals surface area contributed by atoms with Gasteiger partial charge in [0.15, 0.2) is 0 Å². The lowest BCUT2D eigenvalue weighted by Gasteiger charge is -2.30. The van der Waals surface area contributed by atoms with Gasteiger partial charge in [-0.1, -0.05) is 83.2 Å². The maximum absolute atomic E-state index is 13.8. The second kappa shape index (κ2) is 9.90. The molecule has 1 aromatic heterocycles. The molecule has 3 heterocycles. The Bertz CT molecular complexity index is 1600. The van der Waals surface area contributed by atoms with Crippen LogP contribution in [-0.4, -0.2) is 27.5 Å². The minimum Gasteiger partial charge on any atom is -0.325 e. The van der Waals surface area contributed by atoms with E-state index in [1.807, 2.05) is 36.4 Å². The van der Waals surface area contributed by atoms with Gasteiger partial charge in [-0.05, 0) is 42.0 Å². The zero-order valence-electron chi connectivity index (χ0n) is 19.7. The van der Waals surface area contributed by atoms with Gasteiger partial charge in [-0.15, -0.1) is 0 Å². The van der Waals surface area contributed by atoms with E-state index in [1.165, 1.54) is 21.2 Å². The highest BCUT2D eigenvalue weighted by molar-refractivity contribution is 8.00. The summed E-state index contributed by atoms with van der Waals surface area (Å²) in [6, 6.07) is 24.9. The average molecular weight is 562 g/mol. The van der Waals surface area contributed by atoms with Crippen LogP contribution in [0.4, 0.5) is 11.4 Å². The Kier molecular flexibility index (Phi) is 6.43. The molecule has 0 spiro atoms. The second-order valence-corrected chi connectivity index (χ2v) is 11.5. The number of nitrogens with one attached hydrogen (secondary N) is 1. The first kappa shape index (κ1) is 24.7. The number of amides is 3. The zero-order valence-corrected chi connectivity index (χ0v) is 22.1. The number of aromatic nitrogens is 1. The van der Waals surface area contributed by atoms with Crippen molar-refractivity contribution in [3.63, 3.8) is 0 Å². The number of para-hydroxylation sites is 2. The lowest BCUT2D eigenvalue weighted by Crippen LogP contribution is -2.33. The number of anilines is 2. The molecule has 1 N–H and O–H groups in total. The third-order valence-electron chi connectivity index (χ3n) is 6.65. The lowest BCUT2D eigenvalue weighted by molar-refractivity contribution is -0.122. The third-order valence-corrected chi connectivity index (χ3v) is 9.51. The zero-order chi connectivity index (χ0) is 26.4. The first-order valence-electron chi connectivity index (χ1n) is 11.9. The van der Waals surface area contributed by atoms with Crippen molar-refractivity contribution in [2.24, 2.45) is 5.92 Å². The number of halogens is 1. The van der Waals surface area contributed by atoms with Crippen LogP contribution in [0.2, 0.25) is 5.02 Å². The molecule has 0 unspecified atom stereocenters. The van der Waals surface area contributed by atoms with Gasteiger partial charge in [0.05, 0.1) is 16.6 Å². The van der Waals surface area contributed by atoms with Gasteiger partial charge in [-0.3, -0.25) is 23.7 Å². The number of thiazole rings is 1. The van der Waals surface area contributed by atoms with Crippen LogP contribution in [0.5, 0.6) is 0 Å². The van der Waals surface area contributed by atoms with Crippen molar-refractivity contribution >= 4 is 63.8 Å². The molecule has 0 radical (unpaired) electrons. The van der Waals surface area contributed by atoms with Gasteiger partial charge >= 0.3 is 4.87 Å². The SMILES string of the molecule is O=C(Cn1c2c(sc1=O)[C@@H](c1ccc(Cl)cc1)[C@@H]1C(=O)N(c3ccccc3)C(=O)[C@@H]1S2)Nc1ccccc1. The van der Waals surface area contributed by atoms with Gasteiger partial charge in [-0.25, -0.2) is 4.90 Å². The van der Waals surface area contributed by atoms with E-state index in [2.05, 4.69) is 5.32 Å². The summed E-state index contributed by atoms with van der Waals surface area (Å²) in [4.78, 5) is 55.1. The Morgan fingerprint density at radius 1 is 0.868 bits per heavy atom. The quantitative estimate of drug-likeness (QED) is 0.347. The average Bonchev–Trinajstić information content (AvgIpc) is 3.36. The first-order valence-corrected chi connectivity index (χ1v) is 13.9. The first-order chi connectivity index (χ1) is 18.4. The fourth-order valence-electron chi connectivity index (χ4n) is 4.98. The number of nitrogens with zero attached hydrogens (tertiary/aromatic N) is 2. The highest BCUT2D eigenvalue weighted by Crippen LogP contribution is 2.53. The number of fused-ring (bicyclic) bond motifs is 2. The molecule has 190 valence electrons. The number of benzene rings is 3. The molecular formula is C28H20ClN3O4S2. The van der Waals surface area contributed by atoms with Crippen LogP contribution in [-0.2, 0) is 20.9 Å². The Labute approximate surface area is 231 Å². The molecule has 1 saturated heterocycles. The molecule has 0 aliphatic carbocycles. The molecule has 0 saturated carbocycles. The third kappa shape index (κ3) is 4.26. The maximum atomic E-state index is 13.8. The number of carbonyl (C=O) groups is 3. The number of imide groups is 1. The number of hydrogen-bond acceptors (Lipinski definition) is 6. The molecule has 2 aliphatic rings. The van der Waals surface area contributed by atoms with Crippen molar-refractivity contribution in [1.82, 2.24) is 4.57 Å². The fraction of sp³-hybridized carbons (Fsp3) is 0.143. The Morgan fingerprint density at radius 2 is 1.53 bits per heavy atom. The molecular weight excluding hydrogens is 542 g/mol. The maximum Gasteiger partial charge on any atom is 0.308 e. The minimum atomic E-state index is -0.742. The van der Waals surface area contributed by atoms with Gasteiger partial charge in [0.25, 0.3) is 0 Å². The van der Waals surface area contributed by atoms with E-state index >= 15 is 0 Å². The second-order valence-electron chi connectivity index (χ2n) is 8.98. The van der Waals surface area contributed by atoms with Gasteiger partial charge in [0, 0.05) is 21.5 Å². The smallest absolute Gasteiger partial charge is 0.308 e. The number of hydrogen-bond donors (Lipinski definition) is 1. The van der Waals surface area contributed by atoms with E-state index in [0.29, 0.717) is 26.3 Å². The summed E-state index contributed by atoms with van der Waals surface area (Å²) in [6.07, 6.45) is 0. The Balaban J connectivity index is 1.42. The van der Waals surface area contributed by atoms with E-state index in [4.69, 9.17) is 11.6 Å². The van der Waals surface area contributed by atoms with Crippen LogP contribution >= 0.6 is 34.7 Å². The largest absolute Gasteiger partial charge is 0.325 e. The van der Waals surface area contributed by atoms with E-state index in [9.17, 15) is 19.2 Å². The van der Waals surface area contributed by atoms with Crippen LogP contribution in [0.15, 0.2) is 94.7 Å². The summed E-state index contributed by atoms with van der Waals surface area (Å²) in [5.74, 6) is -2.23. The Morgan fingerprint density at radius 3 is 2.21 bits per heavy atom. The van der Waals surface area contributed by atoms with E-state index in [-0.39, 0.29) is 29.1 Å². The van der Waals surface area contributed by atoms with Crippen molar-refractivity contribution < 1.29 is 14.4 Å². The molecule has 10 heteroatoms. The number of carbonyl (C=O) groups excluding carboxylic acids is 3. The van der Waals surface area contributed by atoms with Crippen LogP contribution in [0.1, 0.15) is 16.4 Å². The van der Waals surface area contributed by atoms with E-state index in [0.717, 1.165) is 16.9 Å². The van der Waals surface area contributed by atoms with E-state index in [1.54, 1.807) is 48.5 Å². The summed E-state index contributed by atoms with van der Waals surface area (Å²) < 4.78 is 1.41. The molecule has 3 aromatic carbocycles. The van der Waals surface area contributed by atoms with Crippen molar-refractivity contribution in [2.75, 3.05) is 10.2 Å². The van der Waals surface area contributed by atoms with E-state index < -0.39 is 17.1 Å². The molecule has 0 bridgehead atoms. The molecule has 3 atom stereocenters. The molecule has 38 heavy (non-hydrogen) atoms. The van der Waals surface area contributed by atoms with Crippen molar-refractivity contribution in [3.05, 3.63) is 110 Å². The molecule has 3 amide bonds. The monoisotopic (exact) mass is 561 g/mol. The molecule has 4 aromatic rings. The van der Waals surface area contributed by atoms with Crippen molar-refractivity contribution in [3.8, 4) is 0 Å². The highest BCUT2D eigenvalue weighted by atomic mass is 35.5. The standard InChI is InChI=1S/C28H20ClN3O4S2/c29-17-13-11-16(12-14-17)21-22-23(26(35)32(25(22)34)19-9-5-2-6-10-19)37-27-24(21)38-28(36)31(27)15-20(33)30-18-7-3-1-4-8-18/h1-14,21-23H,15H2,(H,30,33)/t21-,22-,23+/m0/s1. The van der Waals surface area contributed by atoms with Crippen LogP contribution < -0.4 is 15.1 Å². The minimum absolute atomic E-state index is 0.207. The van der Waals surface area contributed by atoms with Gasteiger partial charge in [0.2, 0.25) is 17.7 Å². The van der Waals surface area contributed by atoms with Crippen molar-refractivity contribution in [2.45, 2.75) is 22.7 Å². The summed E-state index contributed by atoms with van der Waals surface area (Å²) >= 11 is 8.34. The predicted octanol–water partition coefficient (Wildman–Crippen LogP) is 5.00. The Hall–Kier alpha value is -3.66. The van der Waals surface area contributed by atoms with Gasteiger partial charge < -0.3 is 5.32 Å². The normalized spacial score (nSPS) is 20.2. The number of rotatable bonds is 5. The summed E-state index contributed by atoms with van der Waals surface area (Å²) in [5, 5.41) is 3.15. The highest BCUT2D eigenvalue weighted by Gasteiger charge is 2.56.